The van der Waals surface area contributed by atoms with E-state index in [1.807, 2.05) is 30.5 Å². The van der Waals surface area contributed by atoms with Crippen molar-refractivity contribution in [3.05, 3.63) is 59.1 Å². The number of hydrogen-bond acceptors (Lipinski definition) is 5. The molecule has 2 aromatic rings. The van der Waals surface area contributed by atoms with Crippen LogP contribution in [0.2, 0.25) is 5.02 Å². The second-order valence-electron chi connectivity index (χ2n) is 8.07. The number of ether oxygens (including phenoxy) is 1. The first-order valence-electron chi connectivity index (χ1n) is 10.6. The van der Waals surface area contributed by atoms with E-state index < -0.39 is 17.6 Å². The second-order valence-corrected chi connectivity index (χ2v) is 9.39. The lowest BCUT2D eigenvalue weighted by atomic mass is 9.85. The molecule has 33 heavy (non-hydrogen) atoms. The molecule has 1 unspecified atom stereocenters. The van der Waals surface area contributed by atoms with Crippen LogP contribution in [0.5, 0.6) is 5.75 Å². The molecule has 1 aliphatic rings. The molecule has 1 heterocycles. The van der Waals surface area contributed by atoms with Crippen LogP contribution >= 0.6 is 23.4 Å². The second kappa shape index (κ2) is 10.9. The molecule has 176 valence electrons. The molecular formula is C24H27ClN2O5S. The van der Waals surface area contributed by atoms with Gasteiger partial charge in [0, 0.05) is 36.0 Å². The van der Waals surface area contributed by atoms with Crippen molar-refractivity contribution in [1.82, 2.24) is 9.80 Å². The molecule has 0 bridgehead atoms. The van der Waals surface area contributed by atoms with Crippen LogP contribution in [0.1, 0.15) is 31.7 Å². The van der Waals surface area contributed by atoms with Crippen molar-refractivity contribution in [1.29, 1.82) is 0 Å². The maximum atomic E-state index is 13.5. The first-order chi connectivity index (χ1) is 15.7. The van der Waals surface area contributed by atoms with Crippen molar-refractivity contribution < 1.29 is 24.2 Å². The number of carboxylic acids is 1. The van der Waals surface area contributed by atoms with E-state index >= 15 is 0 Å². The summed E-state index contributed by atoms with van der Waals surface area (Å²) >= 11 is 7.56. The van der Waals surface area contributed by atoms with E-state index in [2.05, 4.69) is 0 Å². The number of halogens is 1. The van der Waals surface area contributed by atoms with E-state index in [0.717, 1.165) is 10.5 Å². The number of hydrogen-bond donors (Lipinski definition) is 1. The fourth-order valence-electron chi connectivity index (χ4n) is 3.70. The molecule has 1 aliphatic heterocycles. The summed E-state index contributed by atoms with van der Waals surface area (Å²) in [5.41, 5.74) is -0.180. The van der Waals surface area contributed by atoms with Crippen LogP contribution < -0.4 is 4.74 Å². The number of likely N-dealkylation sites (tertiary alicyclic amines) is 1. The van der Waals surface area contributed by atoms with Crippen molar-refractivity contribution in [2.45, 2.75) is 43.2 Å². The molecule has 3 rings (SSSR count). The molecule has 1 fully saturated rings. The van der Waals surface area contributed by atoms with Crippen LogP contribution in [0.3, 0.4) is 0 Å². The van der Waals surface area contributed by atoms with E-state index in [0.29, 0.717) is 36.7 Å². The van der Waals surface area contributed by atoms with Crippen molar-refractivity contribution in [2.75, 3.05) is 19.3 Å². The number of benzene rings is 2. The monoisotopic (exact) mass is 490 g/mol. The smallest absolute Gasteiger partial charge is 0.416 e. The fraction of sp³-hybridized carbons (Fsp3) is 0.375. The molecule has 2 aromatic carbocycles. The Morgan fingerprint density at radius 2 is 1.82 bits per heavy atom. The fourth-order valence-corrected chi connectivity index (χ4v) is 4.23. The number of carbonyl (C=O) groups excluding carboxylic acids is 2. The average molecular weight is 491 g/mol. The lowest BCUT2D eigenvalue weighted by Gasteiger charge is -2.49. The maximum absolute atomic E-state index is 13.5. The van der Waals surface area contributed by atoms with Gasteiger partial charge in [-0.25, -0.2) is 4.79 Å². The summed E-state index contributed by atoms with van der Waals surface area (Å²) in [7, 11) is 0. The Kier molecular flexibility index (Phi) is 8.26. The van der Waals surface area contributed by atoms with Gasteiger partial charge in [0.05, 0.1) is 0 Å². The standard InChI is InChI=1S/C24H27ClN2O5S/c1-24(13-15-27(24)23(31)32-19-9-11-20(33-2)12-10-19)22(30)26(14-3-4-21(28)29)16-17-5-7-18(25)8-6-17/h5-12H,3-4,13-16H2,1-2H3,(H,28,29). The predicted molar refractivity (Wildman–Crippen MR) is 128 cm³/mol. The third-order valence-corrected chi connectivity index (χ3v) is 6.75. The summed E-state index contributed by atoms with van der Waals surface area (Å²) in [5.74, 6) is -0.732. The number of amides is 2. The number of carbonyl (C=O) groups is 3. The molecule has 0 aromatic heterocycles. The summed E-state index contributed by atoms with van der Waals surface area (Å²) in [6, 6.07) is 14.3. The molecule has 2 amide bonds. The predicted octanol–water partition coefficient (Wildman–Crippen LogP) is 4.92. The Morgan fingerprint density at radius 3 is 2.36 bits per heavy atom. The number of aliphatic carboxylic acids is 1. The molecule has 0 saturated carbocycles. The SMILES string of the molecule is CSc1ccc(OC(=O)N2CCC2(C)C(=O)N(CCCC(=O)O)Cc2ccc(Cl)cc2)cc1. The van der Waals surface area contributed by atoms with Gasteiger partial charge in [-0.1, -0.05) is 23.7 Å². The van der Waals surface area contributed by atoms with Gasteiger partial charge in [0.1, 0.15) is 11.3 Å². The zero-order valence-corrected chi connectivity index (χ0v) is 20.2. The van der Waals surface area contributed by atoms with Crippen LogP contribution in [0.4, 0.5) is 4.79 Å². The summed E-state index contributed by atoms with van der Waals surface area (Å²) in [6.07, 6.45) is 2.16. The van der Waals surface area contributed by atoms with Gasteiger partial charge < -0.3 is 14.7 Å². The van der Waals surface area contributed by atoms with Gasteiger partial charge in [-0.15, -0.1) is 11.8 Å². The van der Waals surface area contributed by atoms with Gasteiger partial charge >= 0.3 is 12.1 Å². The van der Waals surface area contributed by atoms with Crippen LogP contribution in [0, 0.1) is 0 Å². The first kappa shape index (κ1) is 24.9. The summed E-state index contributed by atoms with van der Waals surface area (Å²) < 4.78 is 5.50. The van der Waals surface area contributed by atoms with E-state index in [1.54, 1.807) is 47.9 Å². The highest BCUT2D eigenvalue weighted by Gasteiger charge is 2.52. The van der Waals surface area contributed by atoms with Gasteiger partial charge in [0.2, 0.25) is 5.91 Å². The van der Waals surface area contributed by atoms with E-state index in [-0.39, 0.29) is 18.9 Å². The van der Waals surface area contributed by atoms with E-state index in [1.165, 1.54) is 4.90 Å². The highest BCUT2D eigenvalue weighted by molar-refractivity contribution is 7.98. The molecule has 1 atom stereocenters. The molecule has 7 nitrogen and oxygen atoms in total. The number of nitrogens with zero attached hydrogens (tertiary/aromatic N) is 2. The minimum Gasteiger partial charge on any atom is -0.481 e. The highest BCUT2D eigenvalue weighted by Crippen LogP contribution is 2.34. The topological polar surface area (TPSA) is 87.2 Å². The first-order valence-corrected chi connectivity index (χ1v) is 12.2. The van der Waals surface area contributed by atoms with Crippen LogP contribution in [-0.4, -0.2) is 57.8 Å². The zero-order chi connectivity index (χ0) is 24.0. The van der Waals surface area contributed by atoms with Gasteiger partial charge in [0.15, 0.2) is 0 Å². The van der Waals surface area contributed by atoms with Gasteiger partial charge in [-0.05, 0) is 68.0 Å². The van der Waals surface area contributed by atoms with Crippen molar-refractivity contribution in [3.63, 3.8) is 0 Å². The molecule has 0 spiro atoms. The maximum Gasteiger partial charge on any atom is 0.416 e. The van der Waals surface area contributed by atoms with Crippen molar-refractivity contribution >= 4 is 41.3 Å². The van der Waals surface area contributed by atoms with Crippen molar-refractivity contribution in [3.8, 4) is 5.75 Å². The largest absolute Gasteiger partial charge is 0.481 e. The minimum absolute atomic E-state index is 0.0427. The molecule has 1 saturated heterocycles. The number of thioether (sulfide) groups is 1. The minimum atomic E-state index is -1.05. The quantitative estimate of drug-likeness (QED) is 0.502. The molecule has 9 heteroatoms. The normalized spacial score (nSPS) is 17.2. The molecule has 1 N–H and O–H groups in total. The van der Waals surface area contributed by atoms with Gasteiger partial charge in [0.25, 0.3) is 0 Å². The number of rotatable bonds is 9. The van der Waals surface area contributed by atoms with Crippen LogP contribution in [0.15, 0.2) is 53.4 Å². The Labute approximate surface area is 202 Å². The summed E-state index contributed by atoms with van der Waals surface area (Å²) in [4.78, 5) is 41.4. The average Bonchev–Trinajstić information content (AvgIpc) is 2.78. The van der Waals surface area contributed by atoms with Gasteiger partial charge in [-0.3, -0.25) is 14.5 Å². The highest BCUT2D eigenvalue weighted by atomic mass is 35.5. The lowest BCUT2D eigenvalue weighted by Crippen LogP contribution is -2.68. The van der Waals surface area contributed by atoms with E-state index in [9.17, 15) is 14.4 Å². The molecule has 0 radical (unpaired) electrons. The Hall–Kier alpha value is -2.71. The van der Waals surface area contributed by atoms with Crippen LogP contribution in [0.25, 0.3) is 0 Å². The summed E-state index contributed by atoms with van der Waals surface area (Å²) in [5, 5.41) is 9.59. The van der Waals surface area contributed by atoms with Crippen molar-refractivity contribution in [2.24, 2.45) is 0 Å². The third-order valence-electron chi connectivity index (χ3n) is 5.76. The zero-order valence-electron chi connectivity index (χ0n) is 18.6. The third kappa shape index (κ3) is 6.21. The molecular weight excluding hydrogens is 464 g/mol. The van der Waals surface area contributed by atoms with E-state index in [4.69, 9.17) is 21.4 Å². The Morgan fingerprint density at radius 1 is 1.15 bits per heavy atom. The Balaban J connectivity index is 1.72. The van der Waals surface area contributed by atoms with Gasteiger partial charge in [-0.2, -0.15) is 0 Å². The molecule has 0 aliphatic carbocycles. The number of carboxylic acid groups (broad SMARTS) is 1. The Bertz CT molecular complexity index is 999. The lowest BCUT2D eigenvalue weighted by molar-refractivity contribution is -0.150. The van der Waals surface area contributed by atoms with Crippen LogP contribution in [-0.2, 0) is 16.1 Å². The summed E-state index contributed by atoms with van der Waals surface area (Å²) in [6.45, 7) is 2.70.